The minimum atomic E-state index is 0. The van der Waals surface area contributed by atoms with Crippen LogP contribution in [0.4, 0.5) is 0 Å². The van der Waals surface area contributed by atoms with Crippen molar-refractivity contribution in [3.8, 4) is 34.3 Å². The van der Waals surface area contributed by atoms with E-state index in [-0.39, 0.29) is 24.9 Å². The van der Waals surface area contributed by atoms with E-state index in [1.165, 1.54) is 5.56 Å². The smallest absolute Gasteiger partial charge is 0.231 e. The Morgan fingerprint density at radius 1 is 1.15 bits per heavy atom. The van der Waals surface area contributed by atoms with E-state index in [4.69, 9.17) is 14.2 Å². The fourth-order valence-electron chi connectivity index (χ4n) is 5.06. The van der Waals surface area contributed by atoms with Gasteiger partial charge in [-0.15, -0.1) is 0 Å². The number of ether oxygens (including phenoxy) is 3. The number of aromatic nitrogens is 3. The third-order valence-corrected chi connectivity index (χ3v) is 6.66. The number of hydrogen-bond donors (Lipinski definition) is 1. The molecular weight excluding hydrogens is 454 g/mol. The monoisotopic (exact) mass is 479 g/mol. The highest BCUT2D eigenvalue weighted by Gasteiger charge is 2.29. The van der Waals surface area contributed by atoms with Gasteiger partial charge in [-0.3, -0.25) is 0 Å². The molecule has 2 aliphatic rings. The molecule has 4 heterocycles. The Kier molecular flexibility index (Phi) is 5.52. The molecule has 176 valence electrons. The zero-order valence-corrected chi connectivity index (χ0v) is 20.1. The lowest BCUT2D eigenvalue weighted by molar-refractivity contribution is -0.686. The van der Waals surface area contributed by atoms with Gasteiger partial charge in [0.15, 0.2) is 35.7 Å². The maximum absolute atomic E-state index is 11.0. The highest BCUT2D eigenvalue weighted by atomic mass is 35.5. The van der Waals surface area contributed by atoms with Gasteiger partial charge in [-0.05, 0) is 36.2 Å². The molecule has 1 N–H and O–H groups in total. The van der Waals surface area contributed by atoms with E-state index in [2.05, 4.69) is 45.4 Å². The number of imidazole rings is 1. The summed E-state index contributed by atoms with van der Waals surface area (Å²) in [5, 5.41) is 12.8. The van der Waals surface area contributed by atoms with Gasteiger partial charge in [0.05, 0.1) is 23.8 Å². The van der Waals surface area contributed by atoms with Gasteiger partial charge >= 0.3 is 0 Å². The lowest BCUT2D eigenvalue weighted by Gasteiger charge is -2.18. The topological polar surface area (TPSA) is 69.6 Å². The van der Waals surface area contributed by atoms with Gasteiger partial charge < -0.3 is 36.3 Å². The van der Waals surface area contributed by atoms with Gasteiger partial charge in [0, 0.05) is 37.0 Å². The predicted octanol–water partition coefficient (Wildman–Crippen LogP) is 0.913. The number of hydrogen-bond acceptors (Lipinski definition) is 5. The summed E-state index contributed by atoms with van der Waals surface area (Å²) in [6, 6.07) is 8.29. The Morgan fingerprint density at radius 3 is 2.71 bits per heavy atom. The van der Waals surface area contributed by atoms with E-state index in [9.17, 15) is 5.11 Å². The van der Waals surface area contributed by atoms with E-state index >= 15 is 0 Å². The van der Waals surface area contributed by atoms with Crippen molar-refractivity contribution in [1.29, 1.82) is 0 Å². The highest BCUT2D eigenvalue weighted by molar-refractivity contribution is 5.94. The van der Waals surface area contributed by atoms with Crippen molar-refractivity contribution in [1.82, 2.24) is 9.55 Å². The van der Waals surface area contributed by atoms with Crippen LogP contribution in [0.5, 0.6) is 23.0 Å². The zero-order chi connectivity index (χ0) is 22.7. The molecule has 6 rings (SSSR count). The van der Waals surface area contributed by atoms with E-state index in [1.54, 1.807) is 7.11 Å². The maximum atomic E-state index is 11.0. The molecule has 2 aliphatic heterocycles. The van der Waals surface area contributed by atoms with E-state index in [1.807, 2.05) is 19.2 Å². The van der Waals surface area contributed by atoms with Crippen LogP contribution in [0, 0.1) is 6.92 Å². The summed E-state index contributed by atoms with van der Waals surface area (Å²) < 4.78 is 21.1. The first-order valence-electron chi connectivity index (χ1n) is 11.3. The van der Waals surface area contributed by atoms with Gasteiger partial charge in [-0.1, -0.05) is 6.92 Å². The Bertz CT molecular complexity index is 1430. The van der Waals surface area contributed by atoms with E-state index in [0.29, 0.717) is 12.3 Å². The number of aryl methyl sites for hydroxylation is 4. The summed E-state index contributed by atoms with van der Waals surface area (Å²) in [5.74, 6) is 3.28. The van der Waals surface area contributed by atoms with E-state index in [0.717, 1.165) is 70.0 Å². The lowest BCUT2D eigenvalue weighted by atomic mass is 9.94. The molecule has 0 saturated carbocycles. The van der Waals surface area contributed by atoms with Crippen LogP contribution in [0.2, 0.25) is 0 Å². The highest BCUT2D eigenvalue weighted by Crippen LogP contribution is 2.42. The normalized spacial score (nSPS) is 13.4. The molecule has 0 aliphatic carbocycles. The number of phenolic OH excluding ortho intramolecular Hbond substituents is 1. The number of benzene rings is 2. The van der Waals surface area contributed by atoms with Crippen molar-refractivity contribution >= 4 is 10.8 Å². The van der Waals surface area contributed by atoms with Gasteiger partial charge in [0.2, 0.25) is 12.5 Å². The molecule has 0 unspecified atom stereocenters. The zero-order valence-electron chi connectivity index (χ0n) is 19.4. The van der Waals surface area contributed by atoms with E-state index < -0.39 is 0 Å². The molecule has 0 amide bonds. The first-order valence-corrected chi connectivity index (χ1v) is 11.3. The van der Waals surface area contributed by atoms with Crippen molar-refractivity contribution in [3.05, 3.63) is 59.3 Å². The lowest BCUT2D eigenvalue weighted by Crippen LogP contribution is -3.00. The minimum Gasteiger partial charge on any atom is -1.00 e. The molecule has 2 aromatic heterocycles. The Morgan fingerprint density at radius 2 is 1.94 bits per heavy atom. The molecule has 4 aromatic rings. The standard InChI is InChI=1S/C26H25N3O4.ClH/c1-4-25-27-15(2)11-29(25)12-17-8-24(31-3)26(30)20-13-28-6-5-16-7-22-23(33-14-32-22)10-19(16)21(28)9-18(17)20;/h7-11,13H,4-6,12,14H2,1-3H3;1H. The summed E-state index contributed by atoms with van der Waals surface area (Å²) in [6.45, 7) is 5.86. The first-order chi connectivity index (χ1) is 16.1. The third-order valence-electron chi connectivity index (χ3n) is 6.66. The number of rotatable bonds is 4. The Labute approximate surface area is 203 Å². The van der Waals surface area contributed by atoms with Gasteiger partial charge in [-0.25, -0.2) is 4.98 Å². The van der Waals surface area contributed by atoms with Crippen molar-refractivity contribution in [2.24, 2.45) is 0 Å². The molecule has 8 heteroatoms. The fourth-order valence-corrected chi connectivity index (χ4v) is 5.06. The number of pyridine rings is 1. The molecule has 0 spiro atoms. The van der Waals surface area contributed by atoms with Crippen molar-refractivity contribution < 1.29 is 36.3 Å². The molecule has 34 heavy (non-hydrogen) atoms. The van der Waals surface area contributed by atoms with Crippen LogP contribution in [-0.4, -0.2) is 28.6 Å². The Hall–Kier alpha value is -3.45. The molecule has 2 aromatic carbocycles. The summed E-state index contributed by atoms with van der Waals surface area (Å²) in [7, 11) is 1.59. The number of nitrogens with zero attached hydrogens (tertiary/aromatic N) is 3. The SMILES string of the molecule is CCc1nc(C)cn1Cc1cc(OC)c(O)c2c[n+]3c(cc12)-c1cc2c(cc1CC3)OCO2.[Cl-]. The van der Waals surface area contributed by atoms with Crippen LogP contribution in [-0.2, 0) is 25.9 Å². The maximum Gasteiger partial charge on any atom is 0.231 e. The molecule has 0 radical (unpaired) electrons. The quantitative estimate of drug-likeness (QED) is 0.441. The van der Waals surface area contributed by atoms with Crippen molar-refractivity contribution in [2.45, 2.75) is 39.8 Å². The number of aromatic hydroxyl groups is 1. The number of halogens is 1. The molecule has 0 atom stereocenters. The van der Waals surface area contributed by atoms with Crippen LogP contribution < -0.4 is 31.2 Å². The minimum absolute atomic E-state index is 0. The molecular formula is C26H26ClN3O4. The summed E-state index contributed by atoms with van der Waals surface area (Å²) in [4.78, 5) is 4.65. The van der Waals surface area contributed by atoms with Crippen LogP contribution in [0.15, 0.2) is 36.7 Å². The second-order valence-corrected chi connectivity index (χ2v) is 8.66. The average molecular weight is 480 g/mol. The Balaban J connectivity index is 0.00000241. The average Bonchev–Trinajstić information content (AvgIpc) is 3.43. The third kappa shape index (κ3) is 3.42. The summed E-state index contributed by atoms with van der Waals surface area (Å²) >= 11 is 0. The predicted molar refractivity (Wildman–Crippen MR) is 123 cm³/mol. The van der Waals surface area contributed by atoms with Gasteiger partial charge in [-0.2, -0.15) is 4.57 Å². The van der Waals surface area contributed by atoms with Gasteiger partial charge in [0.1, 0.15) is 5.82 Å². The van der Waals surface area contributed by atoms with Crippen LogP contribution in [0.3, 0.4) is 0 Å². The molecule has 7 nitrogen and oxygen atoms in total. The van der Waals surface area contributed by atoms with Gasteiger partial charge in [0.25, 0.3) is 0 Å². The second-order valence-electron chi connectivity index (χ2n) is 8.66. The van der Waals surface area contributed by atoms with Crippen molar-refractivity contribution in [3.63, 3.8) is 0 Å². The fraction of sp³-hybridized carbons (Fsp3) is 0.308. The van der Waals surface area contributed by atoms with Crippen LogP contribution >= 0.6 is 0 Å². The molecule has 0 saturated heterocycles. The second kappa shape index (κ2) is 8.40. The number of methoxy groups -OCH3 is 1. The summed E-state index contributed by atoms with van der Waals surface area (Å²) in [5.41, 5.74) is 5.56. The van der Waals surface area contributed by atoms with Crippen LogP contribution in [0.25, 0.3) is 22.0 Å². The number of fused-ring (bicyclic) bond motifs is 5. The largest absolute Gasteiger partial charge is 1.00 e. The van der Waals surface area contributed by atoms with Crippen molar-refractivity contribution in [2.75, 3.05) is 13.9 Å². The van der Waals surface area contributed by atoms with Crippen LogP contribution in [0.1, 0.15) is 29.6 Å². The first kappa shape index (κ1) is 22.3. The number of phenols is 1. The summed E-state index contributed by atoms with van der Waals surface area (Å²) in [6.07, 6.45) is 5.86. The molecule has 0 bridgehead atoms. The molecule has 0 fully saturated rings.